The number of amides is 4. The van der Waals surface area contributed by atoms with E-state index in [4.69, 9.17) is 5.73 Å². The molecular formula is C22H28N6O3S. The molecule has 0 unspecified atom stereocenters. The van der Waals surface area contributed by atoms with Gasteiger partial charge in [0.1, 0.15) is 0 Å². The molecule has 10 heteroatoms. The fourth-order valence-corrected chi connectivity index (χ4v) is 4.16. The Labute approximate surface area is 190 Å². The molecular weight excluding hydrogens is 428 g/mol. The molecule has 170 valence electrons. The molecule has 1 aromatic carbocycles. The number of rotatable bonds is 9. The van der Waals surface area contributed by atoms with Gasteiger partial charge in [-0.2, -0.15) is 0 Å². The summed E-state index contributed by atoms with van der Waals surface area (Å²) in [5.74, 6) is -0.257. The number of benzene rings is 1. The number of urea groups is 1. The Morgan fingerprint density at radius 1 is 1.09 bits per heavy atom. The van der Waals surface area contributed by atoms with E-state index in [2.05, 4.69) is 20.9 Å². The van der Waals surface area contributed by atoms with Crippen molar-refractivity contribution in [2.75, 3.05) is 16.0 Å². The summed E-state index contributed by atoms with van der Waals surface area (Å²) >= 11 is 1.46. The van der Waals surface area contributed by atoms with Gasteiger partial charge in [-0.05, 0) is 50.1 Å². The highest BCUT2D eigenvalue weighted by atomic mass is 32.1. The van der Waals surface area contributed by atoms with Crippen LogP contribution in [0.1, 0.15) is 38.0 Å². The third kappa shape index (κ3) is 5.64. The molecule has 9 nitrogen and oxygen atoms in total. The van der Waals surface area contributed by atoms with Crippen molar-refractivity contribution in [3.8, 4) is 0 Å². The summed E-state index contributed by atoms with van der Waals surface area (Å²) in [6.07, 6.45) is 1.62. The second-order valence-corrected chi connectivity index (χ2v) is 8.79. The van der Waals surface area contributed by atoms with Gasteiger partial charge in [0.2, 0.25) is 17.8 Å². The highest BCUT2D eigenvalue weighted by Crippen LogP contribution is 2.25. The van der Waals surface area contributed by atoms with Crippen LogP contribution < -0.4 is 21.7 Å². The van der Waals surface area contributed by atoms with Crippen molar-refractivity contribution in [2.24, 2.45) is 11.7 Å². The van der Waals surface area contributed by atoms with Gasteiger partial charge in [0, 0.05) is 29.4 Å². The van der Waals surface area contributed by atoms with E-state index in [9.17, 15) is 14.4 Å². The van der Waals surface area contributed by atoms with E-state index in [1.165, 1.54) is 11.3 Å². The van der Waals surface area contributed by atoms with Crippen molar-refractivity contribution in [3.05, 3.63) is 35.2 Å². The Hall–Kier alpha value is -3.40. The summed E-state index contributed by atoms with van der Waals surface area (Å²) in [4.78, 5) is 41.9. The smallest absolute Gasteiger partial charge is 0.326 e. The summed E-state index contributed by atoms with van der Waals surface area (Å²) in [6.45, 7) is 6.19. The topological polar surface area (TPSA) is 131 Å². The van der Waals surface area contributed by atoms with Gasteiger partial charge >= 0.3 is 6.03 Å². The number of anilines is 3. The molecule has 5 N–H and O–H groups in total. The average molecular weight is 457 g/mol. The number of hydrogen-bond acceptors (Lipinski definition) is 5. The Bertz CT molecular complexity index is 1130. The van der Waals surface area contributed by atoms with Gasteiger partial charge in [-0.15, -0.1) is 11.3 Å². The standard InChI is InChI=1S/C22H28N6O3S/c1-4-14(5-2)20(30)24-15-7-8-17-16(12-15)25-21(28(17)11-10-18(23)29)27-22(31)26-19-9-6-13(3)32-19/h6-9,12,14H,4-5,10-11H2,1-3H3,(H2,23,29)(H,24,30)(H2,25,26,27,31). The van der Waals surface area contributed by atoms with Crippen molar-refractivity contribution in [1.82, 2.24) is 9.55 Å². The lowest BCUT2D eigenvalue weighted by Gasteiger charge is -2.13. The zero-order valence-electron chi connectivity index (χ0n) is 18.4. The molecule has 0 saturated heterocycles. The predicted molar refractivity (Wildman–Crippen MR) is 128 cm³/mol. The number of aryl methyl sites for hydroxylation is 2. The first kappa shape index (κ1) is 23.3. The number of aromatic nitrogens is 2. The highest BCUT2D eigenvalue weighted by molar-refractivity contribution is 7.16. The fourth-order valence-electron chi connectivity index (χ4n) is 3.40. The largest absolute Gasteiger partial charge is 0.370 e. The number of carbonyl (C=O) groups is 3. The molecule has 2 aromatic heterocycles. The Kier molecular flexibility index (Phi) is 7.47. The predicted octanol–water partition coefficient (Wildman–Crippen LogP) is 4.30. The van der Waals surface area contributed by atoms with Gasteiger partial charge in [-0.25, -0.2) is 9.78 Å². The van der Waals surface area contributed by atoms with E-state index in [0.717, 1.165) is 17.7 Å². The lowest BCUT2D eigenvalue weighted by atomic mass is 10.0. The van der Waals surface area contributed by atoms with Gasteiger partial charge in [0.25, 0.3) is 0 Å². The monoisotopic (exact) mass is 456 g/mol. The van der Waals surface area contributed by atoms with E-state index in [1.807, 2.05) is 32.9 Å². The summed E-state index contributed by atoms with van der Waals surface area (Å²) in [5, 5.41) is 9.17. The maximum Gasteiger partial charge on any atom is 0.326 e. The first-order valence-corrected chi connectivity index (χ1v) is 11.4. The molecule has 0 aliphatic carbocycles. The zero-order chi connectivity index (χ0) is 23.3. The van der Waals surface area contributed by atoms with E-state index in [0.29, 0.717) is 21.7 Å². The van der Waals surface area contributed by atoms with Crippen molar-refractivity contribution < 1.29 is 14.4 Å². The normalized spacial score (nSPS) is 11.0. The number of hydrogen-bond donors (Lipinski definition) is 4. The highest BCUT2D eigenvalue weighted by Gasteiger charge is 2.17. The number of thiophene rings is 1. The summed E-state index contributed by atoms with van der Waals surface area (Å²) in [6, 6.07) is 8.64. The quantitative estimate of drug-likeness (QED) is 0.382. The van der Waals surface area contributed by atoms with Crippen LogP contribution in [0.5, 0.6) is 0 Å². The molecule has 0 radical (unpaired) electrons. The molecule has 3 aromatic rings. The van der Waals surface area contributed by atoms with Crippen LogP contribution in [0.25, 0.3) is 11.0 Å². The van der Waals surface area contributed by atoms with Crippen molar-refractivity contribution in [3.63, 3.8) is 0 Å². The molecule has 0 spiro atoms. The number of nitrogens with zero attached hydrogens (tertiary/aromatic N) is 2. The summed E-state index contributed by atoms with van der Waals surface area (Å²) in [7, 11) is 0. The van der Waals surface area contributed by atoms with Crippen LogP contribution in [0, 0.1) is 12.8 Å². The van der Waals surface area contributed by atoms with Crippen LogP contribution in [-0.2, 0) is 16.1 Å². The molecule has 32 heavy (non-hydrogen) atoms. The molecule has 0 aliphatic heterocycles. The SMILES string of the molecule is CCC(CC)C(=O)Nc1ccc2c(c1)nc(NC(=O)Nc1ccc(C)s1)n2CCC(N)=O. The van der Waals surface area contributed by atoms with Crippen molar-refractivity contribution in [1.29, 1.82) is 0 Å². The minimum atomic E-state index is -0.453. The van der Waals surface area contributed by atoms with Crippen molar-refractivity contribution >= 4 is 56.9 Å². The zero-order valence-corrected chi connectivity index (χ0v) is 19.2. The molecule has 0 saturated carbocycles. The number of carbonyl (C=O) groups excluding carboxylic acids is 3. The third-order valence-electron chi connectivity index (χ3n) is 5.16. The second-order valence-electron chi connectivity index (χ2n) is 7.50. The van der Waals surface area contributed by atoms with E-state index in [-0.39, 0.29) is 30.7 Å². The molecule has 0 bridgehead atoms. The van der Waals surface area contributed by atoms with Gasteiger partial charge in [-0.1, -0.05) is 13.8 Å². The lowest BCUT2D eigenvalue weighted by Crippen LogP contribution is -2.22. The van der Waals surface area contributed by atoms with Crippen LogP contribution in [0.3, 0.4) is 0 Å². The summed E-state index contributed by atoms with van der Waals surface area (Å²) < 4.78 is 1.73. The number of nitrogens with one attached hydrogen (secondary N) is 3. The van der Waals surface area contributed by atoms with E-state index < -0.39 is 11.9 Å². The molecule has 0 aliphatic rings. The van der Waals surface area contributed by atoms with Crippen LogP contribution in [0.2, 0.25) is 0 Å². The van der Waals surface area contributed by atoms with Gasteiger partial charge < -0.3 is 15.6 Å². The number of fused-ring (bicyclic) bond motifs is 1. The Morgan fingerprint density at radius 3 is 2.47 bits per heavy atom. The second kappa shape index (κ2) is 10.3. The summed E-state index contributed by atoms with van der Waals surface area (Å²) in [5.41, 5.74) is 7.25. The number of primary amides is 1. The first-order chi connectivity index (χ1) is 15.3. The third-order valence-corrected chi connectivity index (χ3v) is 6.07. The molecule has 3 rings (SSSR count). The molecule has 4 amide bonds. The molecule has 0 atom stereocenters. The van der Waals surface area contributed by atoms with E-state index >= 15 is 0 Å². The van der Waals surface area contributed by atoms with Crippen LogP contribution >= 0.6 is 11.3 Å². The van der Waals surface area contributed by atoms with Gasteiger partial charge in [0.05, 0.1) is 16.0 Å². The average Bonchev–Trinajstić information content (AvgIpc) is 3.29. The first-order valence-electron chi connectivity index (χ1n) is 10.5. The van der Waals surface area contributed by atoms with Crippen LogP contribution in [-0.4, -0.2) is 27.4 Å². The maximum absolute atomic E-state index is 12.5. The van der Waals surface area contributed by atoms with Crippen molar-refractivity contribution in [2.45, 2.75) is 46.6 Å². The maximum atomic E-state index is 12.5. The number of nitrogens with two attached hydrogens (primary N) is 1. The molecule has 0 fully saturated rings. The number of imidazole rings is 1. The minimum Gasteiger partial charge on any atom is -0.370 e. The fraction of sp³-hybridized carbons (Fsp3) is 0.364. The van der Waals surface area contributed by atoms with E-state index in [1.54, 1.807) is 22.8 Å². The van der Waals surface area contributed by atoms with Crippen LogP contribution in [0.4, 0.5) is 21.4 Å². The van der Waals surface area contributed by atoms with Gasteiger partial charge in [0.15, 0.2) is 0 Å². The van der Waals surface area contributed by atoms with Crippen LogP contribution in [0.15, 0.2) is 30.3 Å². The Morgan fingerprint density at radius 2 is 1.84 bits per heavy atom. The Balaban J connectivity index is 1.86. The lowest BCUT2D eigenvalue weighted by molar-refractivity contribution is -0.120. The van der Waals surface area contributed by atoms with Gasteiger partial charge in [-0.3, -0.25) is 20.2 Å². The minimum absolute atomic E-state index is 0.0357. The molecule has 2 heterocycles.